The van der Waals surface area contributed by atoms with Gasteiger partial charge in [-0.2, -0.15) is 0 Å². The van der Waals surface area contributed by atoms with E-state index in [1.54, 1.807) is 11.2 Å². The number of aromatic nitrogens is 2. The van der Waals surface area contributed by atoms with Gasteiger partial charge in [0, 0.05) is 10.9 Å². The predicted octanol–water partition coefficient (Wildman–Crippen LogP) is 4.95. The third-order valence-corrected chi connectivity index (χ3v) is 6.45. The molecule has 1 N–H and O–H groups in total. The Morgan fingerprint density at radius 3 is 2.73 bits per heavy atom. The molecule has 2 heterocycles. The van der Waals surface area contributed by atoms with Crippen LogP contribution in [0.25, 0.3) is 10.2 Å². The van der Waals surface area contributed by atoms with Gasteiger partial charge >= 0.3 is 0 Å². The maximum Gasteiger partial charge on any atom is 0.138 e. The lowest BCUT2D eigenvalue weighted by atomic mass is 9.89. The van der Waals surface area contributed by atoms with E-state index in [4.69, 9.17) is 0 Å². The molecule has 4 heteroatoms. The van der Waals surface area contributed by atoms with Gasteiger partial charge in [0.1, 0.15) is 17.0 Å². The first-order valence-electron chi connectivity index (χ1n) is 8.83. The summed E-state index contributed by atoms with van der Waals surface area (Å²) in [6.45, 7) is 2.36. The van der Waals surface area contributed by atoms with Gasteiger partial charge in [0.15, 0.2) is 0 Å². The van der Waals surface area contributed by atoms with E-state index >= 15 is 0 Å². The lowest BCUT2D eigenvalue weighted by Crippen LogP contribution is -2.19. The quantitative estimate of drug-likeness (QED) is 0.797. The molecule has 0 saturated heterocycles. The van der Waals surface area contributed by atoms with Crippen molar-refractivity contribution in [2.75, 3.05) is 5.32 Å². The van der Waals surface area contributed by atoms with Gasteiger partial charge in [-0.15, -0.1) is 11.3 Å². The van der Waals surface area contributed by atoms with Crippen LogP contribution in [-0.4, -0.2) is 16.0 Å². The van der Waals surface area contributed by atoms with Crippen LogP contribution in [0.2, 0.25) is 0 Å². The van der Waals surface area contributed by atoms with Crippen LogP contribution in [0.3, 0.4) is 0 Å². The molecule has 22 heavy (non-hydrogen) atoms. The first kappa shape index (κ1) is 14.4. The summed E-state index contributed by atoms with van der Waals surface area (Å²) in [6, 6.07) is 0.596. The van der Waals surface area contributed by atoms with Crippen molar-refractivity contribution in [3.05, 3.63) is 16.8 Å². The fourth-order valence-corrected chi connectivity index (χ4v) is 5.35. The van der Waals surface area contributed by atoms with E-state index in [1.807, 2.05) is 11.3 Å². The average molecular weight is 315 g/mol. The average Bonchev–Trinajstić information content (AvgIpc) is 2.69. The van der Waals surface area contributed by atoms with Gasteiger partial charge in [0.05, 0.1) is 5.39 Å². The number of anilines is 1. The Morgan fingerprint density at radius 1 is 1.09 bits per heavy atom. The van der Waals surface area contributed by atoms with Crippen LogP contribution in [0, 0.1) is 5.92 Å². The van der Waals surface area contributed by atoms with Crippen molar-refractivity contribution in [1.82, 2.24) is 9.97 Å². The highest BCUT2D eigenvalue weighted by molar-refractivity contribution is 7.19. The molecule has 1 saturated carbocycles. The first-order chi connectivity index (χ1) is 10.8. The number of rotatable bonds is 2. The minimum absolute atomic E-state index is 0.596. The van der Waals surface area contributed by atoms with Crippen molar-refractivity contribution in [3.8, 4) is 0 Å². The van der Waals surface area contributed by atoms with Gasteiger partial charge in [-0.25, -0.2) is 9.97 Å². The number of aryl methyl sites for hydroxylation is 1. The largest absolute Gasteiger partial charge is 0.367 e. The van der Waals surface area contributed by atoms with Crippen LogP contribution in [0.4, 0.5) is 5.82 Å². The topological polar surface area (TPSA) is 37.8 Å². The second-order valence-corrected chi connectivity index (χ2v) is 8.17. The molecular weight excluding hydrogens is 290 g/mol. The Kier molecular flexibility index (Phi) is 4.03. The number of thiophene rings is 1. The van der Waals surface area contributed by atoms with E-state index in [0.29, 0.717) is 6.04 Å². The Bertz CT molecular complexity index is 656. The highest BCUT2D eigenvalue weighted by Gasteiger charge is 2.24. The van der Waals surface area contributed by atoms with Crippen LogP contribution < -0.4 is 5.32 Å². The minimum Gasteiger partial charge on any atom is -0.367 e. The summed E-state index contributed by atoms with van der Waals surface area (Å²) in [5, 5.41) is 5.10. The van der Waals surface area contributed by atoms with Crippen LogP contribution in [0.5, 0.6) is 0 Å². The fraction of sp³-hybridized carbons (Fsp3) is 0.667. The van der Waals surface area contributed by atoms with Crippen molar-refractivity contribution >= 4 is 27.4 Å². The Balaban J connectivity index is 1.68. The Morgan fingerprint density at radius 2 is 1.91 bits per heavy atom. The Hall–Kier alpha value is -1.16. The molecule has 2 aromatic heterocycles. The minimum atomic E-state index is 0.596. The third-order valence-electron chi connectivity index (χ3n) is 5.29. The molecule has 2 aliphatic rings. The summed E-state index contributed by atoms with van der Waals surface area (Å²) in [5.74, 6) is 1.91. The zero-order valence-corrected chi connectivity index (χ0v) is 14.2. The van der Waals surface area contributed by atoms with Crippen LogP contribution in [-0.2, 0) is 12.8 Å². The number of hydrogen-bond donors (Lipinski definition) is 1. The van der Waals surface area contributed by atoms with Gasteiger partial charge in [-0.05, 0) is 43.6 Å². The fourth-order valence-electron chi connectivity index (χ4n) is 4.00. The number of hydrogen-bond acceptors (Lipinski definition) is 4. The van der Waals surface area contributed by atoms with E-state index in [-0.39, 0.29) is 0 Å². The SMILES string of the molecule is C[C@H]1CCc2c(sc3ncnc(NC4CCCCCC4)c23)C1. The zero-order chi connectivity index (χ0) is 14.9. The van der Waals surface area contributed by atoms with Crippen molar-refractivity contribution in [3.63, 3.8) is 0 Å². The molecule has 118 valence electrons. The lowest BCUT2D eigenvalue weighted by molar-refractivity contribution is 0.509. The monoisotopic (exact) mass is 315 g/mol. The summed E-state index contributed by atoms with van der Waals surface area (Å²) in [7, 11) is 0. The maximum atomic E-state index is 4.62. The molecule has 0 bridgehead atoms. The van der Waals surface area contributed by atoms with Crippen molar-refractivity contribution in [1.29, 1.82) is 0 Å². The normalized spacial score (nSPS) is 23.2. The predicted molar refractivity (Wildman–Crippen MR) is 93.7 cm³/mol. The van der Waals surface area contributed by atoms with E-state index in [2.05, 4.69) is 22.2 Å². The van der Waals surface area contributed by atoms with Gasteiger partial charge in [0.25, 0.3) is 0 Å². The third kappa shape index (κ3) is 2.73. The molecule has 0 amide bonds. The van der Waals surface area contributed by atoms with E-state index < -0.39 is 0 Å². The maximum absolute atomic E-state index is 4.62. The molecule has 0 aromatic carbocycles. The lowest BCUT2D eigenvalue weighted by Gasteiger charge is -2.20. The molecule has 1 fully saturated rings. The summed E-state index contributed by atoms with van der Waals surface area (Å²) >= 11 is 1.89. The standard InChI is InChI=1S/C18H25N3S/c1-12-8-9-14-15(10-12)22-18-16(14)17(19-11-20-18)21-13-6-4-2-3-5-7-13/h11-13H,2-10H2,1H3,(H,19,20,21)/t12-/m0/s1. The highest BCUT2D eigenvalue weighted by atomic mass is 32.1. The highest BCUT2D eigenvalue weighted by Crippen LogP contribution is 2.40. The van der Waals surface area contributed by atoms with E-state index in [1.165, 1.54) is 73.6 Å². The number of fused-ring (bicyclic) bond motifs is 3. The van der Waals surface area contributed by atoms with E-state index in [9.17, 15) is 0 Å². The molecule has 3 nitrogen and oxygen atoms in total. The van der Waals surface area contributed by atoms with E-state index in [0.717, 1.165) is 11.7 Å². The van der Waals surface area contributed by atoms with Crippen LogP contribution in [0.1, 0.15) is 62.3 Å². The summed E-state index contributed by atoms with van der Waals surface area (Å²) in [5.41, 5.74) is 1.54. The number of nitrogens with zero attached hydrogens (tertiary/aromatic N) is 2. The summed E-state index contributed by atoms with van der Waals surface area (Å²) < 4.78 is 0. The molecule has 2 aromatic rings. The molecule has 0 aliphatic heterocycles. The molecule has 2 aliphatic carbocycles. The van der Waals surface area contributed by atoms with Gasteiger partial charge in [-0.3, -0.25) is 0 Å². The van der Waals surface area contributed by atoms with Gasteiger partial charge in [0.2, 0.25) is 0 Å². The molecule has 1 atom stereocenters. The molecule has 0 radical (unpaired) electrons. The summed E-state index contributed by atoms with van der Waals surface area (Å²) in [6.07, 6.45) is 13.5. The van der Waals surface area contributed by atoms with Crippen molar-refractivity contribution in [2.45, 2.75) is 70.8 Å². The Labute approximate surface area is 136 Å². The second-order valence-electron chi connectivity index (χ2n) is 7.09. The van der Waals surface area contributed by atoms with Crippen molar-refractivity contribution < 1.29 is 0 Å². The first-order valence-corrected chi connectivity index (χ1v) is 9.64. The summed E-state index contributed by atoms with van der Waals surface area (Å²) in [4.78, 5) is 11.9. The smallest absolute Gasteiger partial charge is 0.138 e. The zero-order valence-electron chi connectivity index (χ0n) is 13.4. The molecule has 0 spiro atoms. The number of nitrogens with one attached hydrogen (secondary N) is 1. The van der Waals surface area contributed by atoms with Gasteiger partial charge < -0.3 is 5.32 Å². The van der Waals surface area contributed by atoms with Crippen LogP contribution in [0.15, 0.2) is 6.33 Å². The van der Waals surface area contributed by atoms with Crippen LogP contribution >= 0.6 is 11.3 Å². The van der Waals surface area contributed by atoms with Crippen molar-refractivity contribution in [2.24, 2.45) is 5.92 Å². The van der Waals surface area contributed by atoms with Gasteiger partial charge in [-0.1, -0.05) is 32.6 Å². The molecule has 0 unspecified atom stereocenters. The molecular formula is C18H25N3S. The second kappa shape index (κ2) is 6.15. The molecule has 4 rings (SSSR count).